The van der Waals surface area contributed by atoms with Crippen LogP contribution in [-0.2, 0) is 33.2 Å². The fraction of sp³-hybridized carbons (Fsp3) is 0.731. The minimum Gasteiger partial charge on any atom is -0.394 e. The highest BCUT2D eigenvalue weighted by Gasteiger charge is 2.53. The van der Waals surface area contributed by atoms with Crippen molar-refractivity contribution in [1.29, 1.82) is 0 Å². The van der Waals surface area contributed by atoms with Crippen molar-refractivity contribution < 1.29 is 89.4 Å². The third-order valence-corrected chi connectivity index (χ3v) is 17.8. The molecule has 0 spiro atoms. The lowest BCUT2D eigenvalue weighted by molar-refractivity contribution is -0.379. The lowest BCUT2D eigenvalue weighted by atomic mass is 9.96. The number of amides is 1. The van der Waals surface area contributed by atoms with E-state index in [-0.39, 0.29) is 18.9 Å². The first kappa shape index (κ1) is 87.4. The summed E-state index contributed by atoms with van der Waals surface area (Å²) in [5.41, 5.74) is 0. The fourth-order valence-corrected chi connectivity index (χ4v) is 11.8. The van der Waals surface area contributed by atoms with Crippen LogP contribution in [0, 0.1) is 0 Å². The summed E-state index contributed by atoms with van der Waals surface area (Å²) < 4.78 is 34.4. The van der Waals surface area contributed by atoms with Gasteiger partial charge in [-0.25, -0.2) is 0 Å². The van der Waals surface area contributed by atoms with Crippen LogP contribution in [0.4, 0.5) is 0 Å². The Balaban J connectivity index is 1.43. The van der Waals surface area contributed by atoms with Crippen LogP contribution < -0.4 is 5.32 Å². The highest BCUT2D eigenvalue weighted by molar-refractivity contribution is 5.76. The number of allylic oxidation sites excluding steroid dienone is 19. The van der Waals surface area contributed by atoms with Gasteiger partial charge in [0.25, 0.3) is 0 Å². The van der Waals surface area contributed by atoms with Crippen molar-refractivity contribution in [3.05, 3.63) is 122 Å². The van der Waals surface area contributed by atoms with Gasteiger partial charge in [0.1, 0.15) is 73.2 Å². The highest BCUT2D eigenvalue weighted by Crippen LogP contribution is 2.33. The van der Waals surface area contributed by atoms with Gasteiger partial charge in [-0.2, -0.15) is 0 Å². The Labute approximate surface area is 582 Å². The second kappa shape index (κ2) is 57.8. The number of nitrogens with one attached hydrogen (secondary N) is 1. The van der Waals surface area contributed by atoms with Gasteiger partial charge in [0.05, 0.1) is 38.6 Å². The van der Waals surface area contributed by atoms with Gasteiger partial charge < -0.3 is 89.9 Å². The number of carbonyl (C=O) groups is 1. The zero-order valence-corrected chi connectivity index (χ0v) is 59.0. The Bertz CT molecular complexity index is 2230. The van der Waals surface area contributed by atoms with Crippen molar-refractivity contribution >= 4 is 5.91 Å². The summed E-state index contributed by atoms with van der Waals surface area (Å²) >= 11 is 0. The molecule has 0 radical (unpaired) electrons. The van der Waals surface area contributed by atoms with E-state index in [2.05, 4.69) is 129 Å². The summed E-state index contributed by atoms with van der Waals surface area (Å²) in [4.78, 5) is 13.4. The lowest BCUT2D eigenvalue weighted by Crippen LogP contribution is -2.66. The molecule has 0 bridgehead atoms. The van der Waals surface area contributed by atoms with E-state index < -0.39 is 124 Å². The summed E-state index contributed by atoms with van der Waals surface area (Å²) in [5.74, 6) is -0.311. The number of aliphatic hydroxyl groups excluding tert-OH is 11. The molecule has 3 aliphatic heterocycles. The number of ether oxygens (including phenoxy) is 6. The van der Waals surface area contributed by atoms with Crippen LogP contribution in [0.2, 0.25) is 0 Å². The zero-order valence-electron chi connectivity index (χ0n) is 59.0. The van der Waals surface area contributed by atoms with E-state index >= 15 is 0 Å². The van der Waals surface area contributed by atoms with Crippen molar-refractivity contribution in [2.45, 2.75) is 336 Å². The van der Waals surface area contributed by atoms with Crippen LogP contribution in [0.1, 0.15) is 232 Å². The van der Waals surface area contributed by atoms with Crippen LogP contribution in [0.5, 0.6) is 0 Å². The van der Waals surface area contributed by atoms with E-state index in [9.17, 15) is 61.0 Å². The molecule has 0 aromatic rings. The molecule has 19 nitrogen and oxygen atoms in total. The minimum absolute atomic E-state index is 0.195. The molecule has 3 fully saturated rings. The molecular formula is C78H131NO18. The Kier molecular flexibility index (Phi) is 52.1. The Morgan fingerprint density at radius 3 is 1.11 bits per heavy atom. The third kappa shape index (κ3) is 38.7. The molecule has 3 saturated heterocycles. The molecule has 3 aliphatic rings. The summed E-state index contributed by atoms with van der Waals surface area (Å²) in [6.07, 6.45) is 53.1. The maximum atomic E-state index is 13.4. The monoisotopic (exact) mass is 1370 g/mol. The molecule has 3 rings (SSSR count). The molecule has 97 heavy (non-hydrogen) atoms. The summed E-state index contributed by atoms with van der Waals surface area (Å²) in [5, 5.41) is 121. The zero-order chi connectivity index (χ0) is 70.4. The van der Waals surface area contributed by atoms with Crippen LogP contribution in [-0.4, -0.2) is 193 Å². The number of unbranched alkanes of at least 4 members (excludes halogenated alkanes) is 22. The van der Waals surface area contributed by atoms with E-state index in [4.69, 9.17) is 28.4 Å². The first-order valence-corrected chi connectivity index (χ1v) is 37.3. The van der Waals surface area contributed by atoms with Gasteiger partial charge in [-0.15, -0.1) is 0 Å². The van der Waals surface area contributed by atoms with Crippen LogP contribution >= 0.6 is 0 Å². The van der Waals surface area contributed by atoms with Gasteiger partial charge in [-0.1, -0.05) is 257 Å². The second-order valence-electron chi connectivity index (χ2n) is 26.0. The Hall–Kier alpha value is -3.81. The maximum Gasteiger partial charge on any atom is 0.220 e. The standard InChI is InChI=1S/C78H131NO18/c1-3-5-7-9-11-13-15-17-19-21-23-25-26-27-28-29-30-31-32-33-34-36-38-40-42-44-46-48-50-52-54-56-66(84)79-61(62(83)55-53-51-49-47-45-43-41-39-37-35-24-22-20-18-16-14-12-10-8-6-4-2)60-92-76-72(90)69(87)74(64(58-81)94-76)97-78-73(91)70(88)75(65(59-82)95-78)96-77-71(89)68(86)67(85)63(57-80)93-77/h5,7,11,13,17,19,23,25,27-28,30-31,33-34,38,40,44,46,53,55,61-65,67-78,80-83,85-91H,3-4,6,8-10,12,14-16,18,20-22,24,26,29,32,35-37,39,41-43,45,47-52,54,56-60H2,1-2H3,(H,79,84)/b7-5-,13-11-,19-17-,25-23-,28-27-,31-30-,34-33-,40-38-,46-44-,55-53+. The van der Waals surface area contributed by atoms with Crippen molar-refractivity contribution in [3.63, 3.8) is 0 Å². The van der Waals surface area contributed by atoms with Gasteiger partial charge >= 0.3 is 0 Å². The molecule has 1 amide bonds. The molecule has 0 aromatic heterocycles. The SMILES string of the molecule is CC/C=C\C/C=C\C/C=C\C/C=C\C/C=C\C/C=C\C/C=C\C/C=C\C/C=C\CCCCCC(=O)NC(COC1OC(CO)C(OC2OC(CO)C(OC3OC(CO)C(O)C(O)C3O)C(O)C2O)C(O)C1O)C(O)/C=C/CCCCCCCCCCCCCCCCCCCCC. The molecule has 0 aliphatic carbocycles. The van der Waals surface area contributed by atoms with Crippen molar-refractivity contribution in [2.24, 2.45) is 0 Å². The van der Waals surface area contributed by atoms with Crippen molar-refractivity contribution in [1.82, 2.24) is 5.32 Å². The average molecular weight is 1370 g/mol. The molecule has 17 atom stereocenters. The molecule has 12 N–H and O–H groups in total. The average Bonchev–Trinajstić information content (AvgIpc) is 0.798. The topological polar surface area (TPSA) is 307 Å². The Morgan fingerprint density at radius 1 is 0.381 bits per heavy atom. The first-order chi connectivity index (χ1) is 47.3. The maximum absolute atomic E-state index is 13.4. The normalized spacial score (nSPS) is 27.6. The lowest BCUT2D eigenvalue weighted by Gasteiger charge is -2.48. The summed E-state index contributed by atoms with van der Waals surface area (Å²) in [7, 11) is 0. The predicted octanol–water partition coefficient (Wildman–Crippen LogP) is 11.2. The first-order valence-electron chi connectivity index (χ1n) is 37.3. The Morgan fingerprint density at radius 2 is 0.711 bits per heavy atom. The highest BCUT2D eigenvalue weighted by atomic mass is 16.8. The van der Waals surface area contributed by atoms with Gasteiger partial charge in [0, 0.05) is 6.42 Å². The summed E-state index contributed by atoms with van der Waals surface area (Å²) in [6.45, 7) is 1.59. The largest absolute Gasteiger partial charge is 0.394 e. The second-order valence-corrected chi connectivity index (χ2v) is 26.0. The molecule has 19 heteroatoms. The summed E-state index contributed by atoms with van der Waals surface area (Å²) in [6, 6.07) is -1.00. The van der Waals surface area contributed by atoms with Crippen LogP contribution in [0.15, 0.2) is 122 Å². The number of hydrogen-bond acceptors (Lipinski definition) is 18. The van der Waals surface area contributed by atoms with Crippen LogP contribution in [0.25, 0.3) is 0 Å². The van der Waals surface area contributed by atoms with E-state index in [1.54, 1.807) is 6.08 Å². The van der Waals surface area contributed by atoms with Gasteiger partial charge in [-0.3, -0.25) is 4.79 Å². The molecular weight excluding hydrogens is 1240 g/mol. The third-order valence-electron chi connectivity index (χ3n) is 17.8. The van der Waals surface area contributed by atoms with Gasteiger partial charge in [0.2, 0.25) is 5.91 Å². The van der Waals surface area contributed by atoms with Gasteiger partial charge in [0.15, 0.2) is 18.9 Å². The number of carbonyl (C=O) groups excluding carboxylic acids is 1. The van der Waals surface area contributed by atoms with Crippen molar-refractivity contribution in [2.75, 3.05) is 26.4 Å². The number of hydrogen-bond donors (Lipinski definition) is 12. The van der Waals surface area contributed by atoms with E-state index in [0.29, 0.717) is 6.42 Å². The smallest absolute Gasteiger partial charge is 0.220 e. The molecule has 0 saturated carbocycles. The molecule has 3 heterocycles. The number of rotatable bonds is 56. The van der Waals surface area contributed by atoms with E-state index in [1.807, 2.05) is 6.08 Å². The van der Waals surface area contributed by atoms with E-state index in [0.717, 1.165) is 103 Å². The predicted molar refractivity (Wildman–Crippen MR) is 383 cm³/mol. The molecule has 17 unspecified atom stereocenters. The van der Waals surface area contributed by atoms with Gasteiger partial charge in [-0.05, 0) is 89.9 Å². The fourth-order valence-electron chi connectivity index (χ4n) is 11.8. The van der Waals surface area contributed by atoms with Crippen LogP contribution in [0.3, 0.4) is 0 Å². The van der Waals surface area contributed by atoms with E-state index in [1.165, 1.54) is 103 Å². The number of aliphatic hydroxyl groups is 11. The molecule has 556 valence electrons. The molecule has 0 aromatic carbocycles. The quantitative estimate of drug-likeness (QED) is 0.0199. The van der Waals surface area contributed by atoms with Crippen molar-refractivity contribution in [3.8, 4) is 0 Å². The minimum atomic E-state index is -1.99.